The number of fused-ring (bicyclic) bond motifs is 1. The van der Waals surface area contributed by atoms with Gasteiger partial charge in [-0.05, 0) is 68.1 Å². The predicted molar refractivity (Wildman–Crippen MR) is 160 cm³/mol. The van der Waals surface area contributed by atoms with Crippen LogP contribution in [-0.4, -0.2) is 63.6 Å². The Kier molecular flexibility index (Phi) is 7.45. The molecule has 1 fully saturated rings. The molecule has 1 amide bonds. The standard InChI is InChI=1S/C31H29F3N8O/c1-20-7-8-23(18-26(20)39-30-38-25-5-3-4-6-27(25)42(30)28-9-10-35-19-36-28)37-29(43)21-15-22(31(32,33)34)17-24(16-21)41-13-11-40(2)12-14-41/h3-10,15-19H,11-14H2,1-2H3,(H,37,43)(H,38,39). The quantitative estimate of drug-likeness (QED) is 0.256. The summed E-state index contributed by atoms with van der Waals surface area (Å²) < 4.78 is 43.3. The number of amides is 1. The average Bonchev–Trinajstić information content (AvgIpc) is 3.37. The number of para-hydroxylation sites is 2. The van der Waals surface area contributed by atoms with Crippen molar-refractivity contribution in [3.05, 3.63) is 95.9 Å². The summed E-state index contributed by atoms with van der Waals surface area (Å²) >= 11 is 0. The second kappa shape index (κ2) is 11.4. The SMILES string of the molecule is Cc1ccc(NC(=O)c2cc(N3CCN(C)CC3)cc(C(F)(F)F)c2)cc1Nc1nc2ccccc2n1-c1ccncn1. The van der Waals surface area contributed by atoms with Crippen molar-refractivity contribution in [2.45, 2.75) is 13.1 Å². The van der Waals surface area contributed by atoms with Crippen LogP contribution in [0, 0.1) is 6.92 Å². The predicted octanol–water partition coefficient (Wildman–Crippen LogP) is 5.89. The zero-order valence-corrected chi connectivity index (χ0v) is 23.6. The van der Waals surface area contributed by atoms with Crippen molar-refractivity contribution in [2.75, 3.05) is 48.8 Å². The molecule has 0 unspecified atom stereocenters. The molecule has 0 spiro atoms. The Morgan fingerprint density at radius 1 is 0.953 bits per heavy atom. The van der Waals surface area contributed by atoms with Gasteiger partial charge in [0, 0.05) is 55.0 Å². The number of imidazole rings is 1. The van der Waals surface area contributed by atoms with Crippen LogP contribution in [-0.2, 0) is 6.18 Å². The molecule has 12 heteroatoms. The molecule has 43 heavy (non-hydrogen) atoms. The summed E-state index contributed by atoms with van der Waals surface area (Å²) in [6.45, 7) is 4.50. The molecule has 0 radical (unpaired) electrons. The molecule has 3 heterocycles. The summed E-state index contributed by atoms with van der Waals surface area (Å²) in [6.07, 6.45) is -1.49. The van der Waals surface area contributed by atoms with Crippen molar-refractivity contribution in [1.82, 2.24) is 24.4 Å². The zero-order valence-electron chi connectivity index (χ0n) is 23.6. The minimum atomic E-state index is -4.59. The van der Waals surface area contributed by atoms with Crippen LogP contribution in [0.15, 0.2) is 79.3 Å². The number of alkyl halides is 3. The summed E-state index contributed by atoms with van der Waals surface area (Å²) in [5, 5.41) is 6.13. The van der Waals surface area contributed by atoms with Gasteiger partial charge >= 0.3 is 6.18 Å². The Bertz CT molecular complexity index is 1780. The zero-order chi connectivity index (χ0) is 30.1. The number of anilines is 4. The third-order valence-corrected chi connectivity index (χ3v) is 7.47. The first-order chi connectivity index (χ1) is 20.7. The van der Waals surface area contributed by atoms with Crippen molar-refractivity contribution in [2.24, 2.45) is 0 Å². The van der Waals surface area contributed by atoms with E-state index in [-0.39, 0.29) is 5.56 Å². The van der Waals surface area contributed by atoms with E-state index in [1.165, 1.54) is 12.4 Å². The van der Waals surface area contributed by atoms with Gasteiger partial charge in [0.15, 0.2) is 0 Å². The number of nitrogens with zero attached hydrogens (tertiary/aromatic N) is 6. The highest BCUT2D eigenvalue weighted by Gasteiger charge is 2.32. The smallest absolute Gasteiger partial charge is 0.369 e. The minimum absolute atomic E-state index is 0.0654. The molecule has 6 rings (SSSR count). The molecule has 1 aliphatic rings. The van der Waals surface area contributed by atoms with Gasteiger partial charge in [0.2, 0.25) is 5.95 Å². The topological polar surface area (TPSA) is 91.2 Å². The number of piperazine rings is 1. The highest BCUT2D eigenvalue weighted by molar-refractivity contribution is 6.05. The number of hydrogen-bond acceptors (Lipinski definition) is 7. The number of aromatic nitrogens is 4. The molecule has 0 aliphatic carbocycles. The minimum Gasteiger partial charge on any atom is -0.369 e. The Labute approximate surface area is 246 Å². The van der Waals surface area contributed by atoms with Crippen LogP contribution in [0.2, 0.25) is 0 Å². The molecule has 2 aromatic heterocycles. The van der Waals surface area contributed by atoms with Gasteiger partial charge in [-0.3, -0.25) is 9.36 Å². The summed E-state index contributed by atoms with van der Waals surface area (Å²) in [5.41, 5.74) is 3.00. The first-order valence-corrected chi connectivity index (χ1v) is 13.7. The molecule has 9 nitrogen and oxygen atoms in total. The lowest BCUT2D eigenvalue weighted by molar-refractivity contribution is -0.137. The number of halogens is 3. The lowest BCUT2D eigenvalue weighted by atomic mass is 10.1. The Morgan fingerprint density at radius 2 is 1.74 bits per heavy atom. The Hall–Kier alpha value is -4.97. The second-order valence-electron chi connectivity index (χ2n) is 10.5. The van der Waals surface area contributed by atoms with Gasteiger partial charge in [0.25, 0.3) is 5.91 Å². The van der Waals surface area contributed by atoms with Gasteiger partial charge in [0.1, 0.15) is 12.1 Å². The molecule has 0 bridgehead atoms. The Morgan fingerprint density at radius 3 is 2.49 bits per heavy atom. The van der Waals surface area contributed by atoms with Crippen LogP contribution >= 0.6 is 0 Å². The van der Waals surface area contributed by atoms with E-state index in [0.717, 1.165) is 41.8 Å². The van der Waals surface area contributed by atoms with Crippen molar-refractivity contribution in [1.29, 1.82) is 0 Å². The Balaban J connectivity index is 1.30. The van der Waals surface area contributed by atoms with E-state index < -0.39 is 17.6 Å². The largest absolute Gasteiger partial charge is 0.416 e. The number of likely N-dealkylation sites (N-methyl/N-ethyl adjacent to an activating group) is 1. The first-order valence-electron chi connectivity index (χ1n) is 13.7. The maximum absolute atomic E-state index is 13.8. The van der Waals surface area contributed by atoms with Gasteiger partial charge in [-0.15, -0.1) is 0 Å². The van der Waals surface area contributed by atoms with Crippen LogP contribution in [0.5, 0.6) is 0 Å². The molecule has 0 atom stereocenters. The van der Waals surface area contributed by atoms with Gasteiger partial charge in [-0.2, -0.15) is 13.2 Å². The number of aryl methyl sites for hydroxylation is 1. The maximum atomic E-state index is 13.8. The summed E-state index contributed by atoms with van der Waals surface area (Å²) in [4.78, 5) is 30.5. The molecular weight excluding hydrogens is 557 g/mol. The number of nitrogens with one attached hydrogen (secondary N) is 2. The van der Waals surface area contributed by atoms with Gasteiger partial charge in [-0.1, -0.05) is 18.2 Å². The molecule has 1 aliphatic heterocycles. The van der Waals surface area contributed by atoms with E-state index in [4.69, 9.17) is 4.98 Å². The maximum Gasteiger partial charge on any atom is 0.416 e. The van der Waals surface area contributed by atoms with E-state index in [1.54, 1.807) is 24.4 Å². The highest BCUT2D eigenvalue weighted by atomic mass is 19.4. The van der Waals surface area contributed by atoms with Crippen LogP contribution in [0.3, 0.4) is 0 Å². The molecule has 5 aromatic rings. The van der Waals surface area contributed by atoms with Crippen LogP contribution in [0.4, 0.5) is 36.2 Å². The lowest BCUT2D eigenvalue weighted by Crippen LogP contribution is -2.44. The average molecular weight is 587 g/mol. The fourth-order valence-electron chi connectivity index (χ4n) is 5.07. The number of benzene rings is 3. The molecule has 1 saturated heterocycles. The molecular formula is C31H29F3N8O. The van der Waals surface area contributed by atoms with Gasteiger partial charge in [-0.25, -0.2) is 15.0 Å². The monoisotopic (exact) mass is 586 g/mol. The molecule has 3 aromatic carbocycles. The van der Waals surface area contributed by atoms with Crippen LogP contribution in [0.25, 0.3) is 16.9 Å². The molecule has 220 valence electrons. The van der Waals surface area contributed by atoms with E-state index in [2.05, 4.69) is 25.5 Å². The number of rotatable bonds is 6. The third-order valence-electron chi connectivity index (χ3n) is 7.47. The van der Waals surface area contributed by atoms with E-state index in [0.29, 0.717) is 41.9 Å². The third kappa shape index (κ3) is 6.00. The number of carbonyl (C=O) groups excluding carboxylic acids is 1. The van der Waals surface area contributed by atoms with E-state index in [1.807, 2.05) is 53.8 Å². The lowest BCUT2D eigenvalue weighted by Gasteiger charge is -2.34. The van der Waals surface area contributed by atoms with E-state index >= 15 is 0 Å². The van der Waals surface area contributed by atoms with Crippen molar-refractivity contribution in [3.8, 4) is 5.82 Å². The summed E-state index contributed by atoms with van der Waals surface area (Å²) in [6, 6.07) is 18.2. The fourth-order valence-corrected chi connectivity index (χ4v) is 5.07. The van der Waals surface area contributed by atoms with Crippen molar-refractivity contribution < 1.29 is 18.0 Å². The van der Waals surface area contributed by atoms with Crippen molar-refractivity contribution >= 4 is 40.0 Å². The number of hydrogen-bond donors (Lipinski definition) is 2. The second-order valence-corrected chi connectivity index (χ2v) is 10.5. The van der Waals surface area contributed by atoms with Gasteiger partial charge < -0.3 is 20.4 Å². The molecule has 0 saturated carbocycles. The summed E-state index contributed by atoms with van der Waals surface area (Å²) in [5.74, 6) is 0.486. The van der Waals surface area contributed by atoms with Gasteiger partial charge in [0.05, 0.1) is 16.6 Å². The normalized spacial score (nSPS) is 14.2. The van der Waals surface area contributed by atoms with E-state index in [9.17, 15) is 18.0 Å². The van der Waals surface area contributed by atoms with Crippen LogP contribution in [0.1, 0.15) is 21.5 Å². The van der Waals surface area contributed by atoms with Crippen LogP contribution < -0.4 is 15.5 Å². The first kappa shape index (κ1) is 28.2. The molecule has 2 N–H and O–H groups in total. The highest BCUT2D eigenvalue weighted by Crippen LogP contribution is 2.34. The fraction of sp³-hybridized carbons (Fsp3) is 0.226. The number of carbonyl (C=O) groups is 1. The van der Waals surface area contributed by atoms with Crippen molar-refractivity contribution in [3.63, 3.8) is 0 Å². The summed E-state index contributed by atoms with van der Waals surface area (Å²) in [7, 11) is 1.97.